The van der Waals surface area contributed by atoms with E-state index in [1.807, 2.05) is 5.32 Å². The van der Waals surface area contributed by atoms with Crippen molar-refractivity contribution in [2.75, 3.05) is 5.32 Å². The van der Waals surface area contributed by atoms with E-state index in [4.69, 9.17) is 0 Å². The van der Waals surface area contributed by atoms with E-state index in [0.29, 0.717) is 0 Å². The number of anilines is 1. The minimum absolute atomic E-state index is 0.0901. The maximum Gasteiger partial charge on any atom is 0.426 e. The van der Waals surface area contributed by atoms with E-state index < -0.39 is 41.0 Å². The number of nitriles is 1. The number of carbonyl (C=O) groups excluding carboxylic acids is 1. The summed E-state index contributed by atoms with van der Waals surface area (Å²) in [6.45, 7) is 4.02. The second kappa shape index (κ2) is 8.53. The van der Waals surface area contributed by atoms with E-state index in [9.17, 15) is 37.5 Å². The quantitative estimate of drug-likeness (QED) is 0.535. The zero-order valence-corrected chi connectivity index (χ0v) is 18.2. The van der Waals surface area contributed by atoms with E-state index in [0.717, 1.165) is 18.2 Å². The van der Waals surface area contributed by atoms with Crippen LogP contribution in [-0.4, -0.2) is 27.9 Å². The lowest BCUT2D eigenvalue weighted by Gasteiger charge is -2.37. The predicted molar refractivity (Wildman–Crippen MR) is 113 cm³/mol. The van der Waals surface area contributed by atoms with Gasteiger partial charge in [0.1, 0.15) is 5.82 Å². The van der Waals surface area contributed by atoms with Gasteiger partial charge in [-0.05, 0) is 54.3 Å². The third-order valence-electron chi connectivity index (χ3n) is 5.53. The first-order valence-corrected chi connectivity index (χ1v) is 9.90. The molecule has 3 rings (SSSR count). The number of benzene rings is 2. The lowest BCUT2D eigenvalue weighted by atomic mass is 9.73. The van der Waals surface area contributed by atoms with Crippen molar-refractivity contribution in [3.63, 3.8) is 0 Å². The van der Waals surface area contributed by atoms with Crippen molar-refractivity contribution in [1.82, 2.24) is 5.16 Å². The number of nitrogens with zero attached hydrogens (tertiary/aromatic N) is 2. The van der Waals surface area contributed by atoms with Gasteiger partial charge < -0.3 is 14.9 Å². The molecule has 2 aromatic carbocycles. The molecule has 0 aliphatic heterocycles. The molecule has 1 heterocycles. The lowest BCUT2D eigenvalue weighted by molar-refractivity contribution is -0.254. The molecular weight excluding hydrogens is 458 g/mol. The number of amides is 1. The van der Waals surface area contributed by atoms with Crippen LogP contribution in [0.4, 0.5) is 23.2 Å². The summed E-state index contributed by atoms with van der Waals surface area (Å²) in [6.07, 6.45) is -6.62. The number of aryl methyl sites for hydroxylation is 1. The molecule has 0 spiro atoms. The first-order valence-electron chi connectivity index (χ1n) is 9.90. The Morgan fingerprint density at radius 3 is 2.47 bits per heavy atom. The highest BCUT2D eigenvalue weighted by atomic mass is 19.4. The molecule has 0 radical (unpaired) electrons. The van der Waals surface area contributed by atoms with Gasteiger partial charge in [0, 0.05) is 17.5 Å². The van der Waals surface area contributed by atoms with Crippen LogP contribution in [0.5, 0.6) is 0 Å². The van der Waals surface area contributed by atoms with Crippen LogP contribution in [0, 0.1) is 24.1 Å². The zero-order chi connectivity index (χ0) is 25.5. The number of aliphatic hydroxyl groups is 1. The van der Waals surface area contributed by atoms with Gasteiger partial charge in [-0.25, -0.2) is 9.18 Å². The maximum absolute atomic E-state index is 14.0. The zero-order valence-electron chi connectivity index (χ0n) is 18.2. The summed E-state index contributed by atoms with van der Waals surface area (Å²) in [5.74, 6) is -2.57. The van der Waals surface area contributed by atoms with Crippen molar-refractivity contribution in [2.45, 2.75) is 44.4 Å². The largest absolute Gasteiger partial charge is 0.426 e. The Kier molecular flexibility index (Phi) is 6.24. The highest BCUT2D eigenvalue weighted by Gasteiger charge is 2.61. The molecule has 0 bridgehead atoms. The van der Waals surface area contributed by atoms with Gasteiger partial charge in [0.25, 0.3) is 5.91 Å². The molecule has 0 saturated carbocycles. The molecule has 3 aromatic rings. The Morgan fingerprint density at radius 1 is 1.18 bits per heavy atom. The fourth-order valence-corrected chi connectivity index (χ4v) is 3.76. The second-order valence-electron chi connectivity index (χ2n) is 8.49. The predicted octanol–water partition coefficient (Wildman–Crippen LogP) is 4.11. The molecule has 2 N–H and O–H groups in total. The molecule has 11 heteroatoms. The minimum atomic E-state index is -5.41. The van der Waals surface area contributed by atoms with E-state index in [1.165, 1.54) is 39.0 Å². The average Bonchev–Trinajstić information content (AvgIpc) is 2.75. The van der Waals surface area contributed by atoms with Gasteiger partial charge in [-0.15, -0.1) is 0 Å². The Morgan fingerprint density at radius 2 is 1.85 bits per heavy atom. The maximum atomic E-state index is 14.0. The number of halogens is 4. The summed E-state index contributed by atoms with van der Waals surface area (Å²) in [5.41, 5.74) is -6.36. The van der Waals surface area contributed by atoms with Crippen molar-refractivity contribution in [2.24, 2.45) is 0 Å². The summed E-state index contributed by atoms with van der Waals surface area (Å²) < 4.78 is 60.5. The summed E-state index contributed by atoms with van der Waals surface area (Å²) in [4.78, 5) is 24.6. The normalized spacial score (nSPS) is 13.9. The third-order valence-corrected chi connectivity index (χ3v) is 5.53. The summed E-state index contributed by atoms with van der Waals surface area (Å²) >= 11 is 0. The second-order valence-corrected chi connectivity index (χ2v) is 8.49. The van der Waals surface area contributed by atoms with Crippen molar-refractivity contribution < 1.29 is 32.0 Å². The van der Waals surface area contributed by atoms with Gasteiger partial charge in [-0.1, -0.05) is 19.0 Å². The topological polar surface area (TPSA) is 116 Å². The van der Waals surface area contributed by atoms with Crippen LogP contribution in [0.2, 0.25) is 0 Å². The van der Waals surface area contributed by atoms with E-state index in [1.54, 1.807) is 6.07 Å². The van der Waals surface area contributed by atoms with Crippen LogP contribution in [-0.2, 0) is 10.2 Å². The number of nitrogens with one attached hydrogen (secondary N) is 1. The Bertz CT molecular complexity index is 1380. The van der Waals surface area contributed by atoms with Crippen molar-refractivity contribution in [1.29, 1.82) is 5.26 Å². The van der Waals surface area contributed by atoms with E-state index in [2.05, 4.69) is 9.68 Å². The van der Waals surface area contributed by atoms with Crippen LogP contribution >= 0.6 is 0 Å². The lowest BCUT2D eigenvalue weighted by Crippen LogP contribution is -2.57. The molecule has 1 aromatic heterocycles. The van der Waals surface area contributed by atoms with Crippen LogP contribution in [0.3, 0.4) is 0 Å². The van der Waals surface area contributed by atoms with Crippen molar-refractivity contribution in [3.05, 3.63) is 69.5 Å². The van der Waals surface area contributed by atoms with Gasteiger partial charge in [-0.2, -0.15) is 18.4 Å². The Hall–Kier alpha value is -3.78. The van der Waals surface area contributed by atoms with Gasteiger partial charge in [0.2, 0.25) is 5.60 Å². The number of hydrogen-bond acceptors (Lipinski definition) is 6. The number of alkyl halides is 3. The molecule has 1 unspecified atom stereocenters. The third kappa shape index (κ3) is 4.49. The summed E-state index contributed by atoms with van der Waals surface area (Å²) in [7, 11) is 0. The number of hydrogen-bond donors (Lipinski definition) is 2. The van der Waals surface area contributed by atoms with Crippen LogP contribution in [0.1, 0.15) is 37.1 Å². The first-order chi connectivity index (χ1) is 15.7. The number of fused-ring (bicyclic) bond motifs is 1. The Balaban J connectivity index is 2.01. The van der Waals surface area contributed by atoms with E-state index in [-0.39, 0.29) is 33.3 Å². The standard InChI is InChI=1S/C23H19F4N3O4/c1-12-17-9-15(6-7-16(17)19(31)34-30-12)29-20(32)22(33,23(25,26)27)11-21(2,3)18-8-14(24)5-4-13(18)10-28/h4-9,33H,11H2,1-3H3,(H,29,32). The molecule has 0 aliphatic rings. The fourth-order valence-electron chi connectivity index (χ4n) is 3.76. The van der Waals surface area contributed by atoms with Gasteiger partial charge in [0.15, 0.2) is 0 Å². The highest BCUT2D eigenvalue weighted by Crippen LogP contribution is 2.42. The number of aromatic nitrogens is 1. The van der Waals surface area contributed by atoms with Crippen molar-refractivity contribution in [3.8, 4) is 6.07 Å². The average molecular weight is 477 g/mol. The van der Waals surface area contributed by atoms with E-state index >= 15 is 0 Å². The fraction of sp³-hybridized carbons (Fsp3) is 0.304. The highest BCUT2D eigenvalue weighted by molar-refractivity contribution is 5.99. The van der Waals surface area contributed by atoms with Crippen molar-refractivity contribution >= 4 is 22.4 Å². The summed E-state index contributed by atoms with van der Waals surface area (Å²) in [6, 6.07) is 8.43. The first kappa shape index (κ1) is 24.9. The van der Waals surface area contributed by atoms with Gasteiger partial charge >= 0.3 is 11.8 Å². The molecule has 7 nitrogen and oxygen atoms in total. The number of rotatable bonds is 5. The number of carbonyl (C=O) groups is 1. The molecule has 0 saturated heterocycles. The minimum Gasteiger partial charge on any atom is -0.373 e. The summed E-state index contributed by atoms with van der Waals surface area (Å²) in [5, 5.41) is 25.8. The van der Waals surface area contributed by atoms with Crippen LogP contribution < -0.4 is 10.9 Å². The molecular formula is C23H19F4N3O4. The van der Waals surface area contributed by atoms with Gasteiger partial charge in [-0.3, -0.25) is 4.79 Å². The SMILES string of the molecule is Cc1noc(=O)c2ccc(NC(=O)C(O)(CC(C)(C)c3cc(F)ccc3C#N)C(F)(F)F)cc12. The monoisotopic (exact) mass is 477 g/mol. The van der Waals surface area contributed by atoms with Crippen LogP contribution in [0.25, 0.3) is 10.8 Å². The molecule has 0 fully saturated rings. The Labute approximate surface area is 190 Å². The molecule has 1 atom stereocenters. The molecule has 1 amide bonds. The smallest absolute Gasteiger partial charge is 0.373 e. The van der Waals surface area contributed by atoms with Gasteiger partial charge in [0.05, 0.1) is 22.7 Å². The molecule has 178 valence electrons. The van der Waals surface area contributed by atoms with Crippen LogP contribution in [0.15, 0.2) is 45.7 Å². The molecule has 0 aliphatic carbocycles. The molecule has 34 heavy (non-hydrogen) atoms.